The van der Waals surface area contributed by atoms with Crippen molar-refractivity contribution in [2.45, 2.75) is 18.8 Å². The third-order valence-corrected chi connectivity index (χ3v) is 5.43. The van der Waals surface area contributed by atoms with Crippen LogP contribution in [0, 0.1) is 0 Å². The molecule has 1 aromatic carbocycles. The highest BCUT2D eigenvalue weighted by Gasteiger charge is 2.24. The molecule has 1 unspecified atom stereocenters. The summed E-state index contributed by atoms with van der Waals surface area (Å²) in [6.45, 7) is 2.15. The molecule has 1 aliphatic rings. The Labute approximate surface area is 150 Å². The van der Waals surface area contributed by atoms with Gasteiger partial charge < -0.3 is 26.5 Å². The molecule has 2 heterocycles. The number of hydrogen-bond donors (Lipinski definition) is 4. The van der Waals surface area contributed by atoms with Gasteiger partial charge in [0.25, 0.3) is 0 Å². The van der Waals surface area contributed by atoms with Gasteiger partial charge in [0.1, 0.15) is 11.6 Å². The number of nitrogens with two attached hydrogens (primary N) is 2. The minimum Gasteiger partial charge on any atom is -0.507 e. The lowest BCUT2D eigenvalue weighted by Crippen LogP contribution is -2.31. The van der Waals surface area contributed by atoms with Crippen molar-refractivity contribution in [2.24, 2.45) is 5.73 Å². The maximum Gasteiger partial charge on any atom is 0.124 e. The number of para-hydroxylation sites is 1. The molecule has 1 atom stereocenters. The summed E-state index contributed by atoms with van der Waals surface area (Å²) in [7, 11) is 2.14. The van der Waals surface area contributed by atoms with Crippen molar-refractivity contribution in [3.05, 3.63) is 45.6 Å². The van der Waals surface area contributed by atoms with Crippen molar-refractivity contribution in [3.8, 4) is 5.75 Å². The standard InChI is InChI=1S/C18H23BrN4O/c1-23-8-4-5-11(10-23)17-16(19)13(18(21)22-17)9-14(20)12-6-2-3-7-15(12)24/h2-3,6-7,9,11,22,24H,4-5,8,10,20-21H2,1H3/b14-9-. The number of aromatic hydroxyl groups is 1. The Kier molecular flexibility index (Phi) is 4.87. The van der Waals surface area contributed by atoms with Gasteiger partial charge in [0.05, 0.1) is 0 Å². The van der Waals surface area contributed by atoms with Crippen LogP contribution < -0.4 is 11.5 Å². The van der Waals surface area contributed by atoms with E-state index < -0.39 is 0 Å². The van der Waals surface area contributed by atoms with Crippen molar-refractivity contribution in [3.63, 3.8) is 0 Å². The summed E-state index contributed by atoms with van der Waals surface area (Å²) in [5, 5.41) is 9.96. The first kappa shape index (κ1) is 16.9. The molecule has 0 bridgehead atoms. The molecule has 2 aromatic rings. The van der Waals surface area contributed by atoms with E-state index in [9.17, 15) is 5.11 Å². The van der Waals surface area contributed by atoms with E-state index in [-0.39, 0.29) is 5.75 Å². The van der Waals surface area contributed by atoms with Crippen LogP contribution >= 0.6 is 15.9 Å². The minimum absolute atomic E-state index is 0.158. The second kappa shape index (κ2) is 6.91. The van der Waals surface area contributed by atoms with Crippen molar-refractivity contribution >= 4 is 33.5 Å². The molecular weight excluding hydrogens is 368 g/mol. The summed E-state index contributed by atoms with van der Waals surface area (Å²) in [4.78, 5) is 5.65. The Morgan fingerprint density at radius 3 is 2.88 bits per heavy atom. The monoisotopic (exact) mass is 390 g/mol. The van der Waals surface area contributed by atoms with Crippen LogP contribution in [0.1, 0.15) is 35.6 Å². The first-order chi connectivity index (χ1) is 11.5. The number of nitrogens with zero attached hydrogens (tertiary/aromatic N) is 1. The van der Waals surface area contributed by atoms with Crippen LogP contribution in [0.3, 0.4) is 0 Å². The number of phenolic OH excluding ortho intramolecular Hbond substituents is 1. The maximum absolute atomic E-state index is 9.96. The lowest BCUT2D eigenvalue weighted by atomic mass is 9.95. The highest BCUT2D eigenvalue weighted by Crippen LogP contribution is 2.37. The van der Waals surface area contributed by atoms with Gasteiger partial charge in [-0.1, -0.05) is 12.1 Å². The highest BCUT2D eigenvalue weighted by atomic mass is 79.9. The number of aromatic amines is 1. The number of nitrogens with one attached hydrogen (secondary N) is 1. The first-order valence-electron chi connectivity index (χ1n) is 8.08. The fourth-order valence-corrected chi connectivity index (χ4v) is 4.06. The summed E-state index contributed by atoms with van der Waals surface area (Å²) >= 11 is 3.68. The summed E-state index contributed by atoms with van der Waals surface area (Å²) < 4.78 is 0.957. The van der Waals surface area contributed by atoms with Gasteiger partial charge >= 0.3 is 0 Å². The van der Waals surface area contributed by atoms with Gasteiger partial charge in [-0.15, -0.1) is 0 Å². The number of H-pyrrole nitrogens is 1. The number of anilines is 1. The van der Waals surface area contributed by atoms with E-state index in [4.69, 9.17) is 11.5 Å². The van der Waals surface area contributed by atoms with Crippen molar-refractivity contribution in [1.82, 2.24) is 9.88 Å². The molecule has 1 aliphatic heterocycles. The van der Waals surface area contributed by atoms with E-state index in [2.05, 4.69) is 32.9 Å². The van der Waals surface area contributed by atoms with Crippen LogP contribution in [0.25, 0.3) is 11.8 Å². The van der Waals surface area contributed by atoms with Crippen LogP contribution in [0.5, 0.6) is 5.75 Å². The molecule has 0 aliphatic carbocycles. The van der Waals surface area contributed by atoms with Gasteiger partial charge in [0.2, 0.25) is 0 Å². The zero-order valence-corrected chi connectivity index (χ0v) is 15.3. The average molecular weight is 391 g/mol. The molecule has 1 aromatic heterocycles. The number of benzene rings is 1. The molecule has 128 valence electrons. The van der Waals surface area contributed by atoms with Crippen LogP contribution in [-0.2, 0) is 0 Å². The number of rotatable bonds is 3. The van der Waals surface area contributed by atoms with Crippen molar-refractivity contribution in [2.75, 3.05) is 25.9 Å². The first-order valence-corrected chi connectivity index (χ1v) is 8.87. The number of halogens is 1. The van der Waals surface area contributed by atoms with Gasteiger partial charge in [-0.25, -0.2) is 0 Å². The lowest BCUT2D eigenvalue weighted by Gasteiger charge is -2.29. The predicted molar refractivity (Wildman–Crippen MR) is 103 cm³/mol. The smallest absolute Gasteiger partial charge is 0.124 e. The molecule has 0 radical (unpaired) electrons. The van der Waals surface area contributed by atoms with Gasteiger partial charge in [0, 0.05) is 39.5 Å². The molecule has 6 heteroatoms. The fourth-order valence-electron chi connectivity index (χ4n) is 3.31. The molecule has 6 N–H and O–H groups in total. The Morgan fingerprint density at radius 2 is 2.17 bits per heavy atom. The Morgan fingerprint density at radius 1 is 1.42 bits per heavy atom. The number of nitrogen functional groups attached to an aromatic ring is 1. The predicted octanol–water partition coefficient (Wildman–Crippen LogP) is 3.33. The molecular formula is C18H23BrN4O. The van der Waals surface area contributed by atoms with E-state index in [1.54, 1.807) is 24.3 Å². The minimum atomic E-state index is 0.158. The molecule has 24 heavy (non-hydrogen) atoms. The summed E-state index contributed by atoms with van der Waals surface area (Å²) in [5.41, 5.74) is 15.4. The quantitative estimate of drug-likeness (QED) is 0.646. The molecule has 3 rings (SSSR count). The fraction of sp³-hybridized carbons (Fsp3) is 0.333. The number of piperidine rings is 1. The van der Waals surface area contributed by atoms with Crippen LogP contribution in [-0.4, -0.2) is 35.1 Å². The molecule has 1 saturated heterocycles. The lowest BCUT2D eigenvalue weighted by molar-refractivity contribution is 0.248. The summed E-state index contributed by atoms with van der Waals surface area (Å²) in [6, 6.07) is 7.02. The number of phenols is 1. The molecule has 0 amide bonds. The molecule has 0 spiro atoms. The molecule has 1 fully saturated rings. The van der Waals surface area contributed by atoms with Crippen molar-refractivity contribution < 1.29 is 5.11 Å². The van der Waals surface area contributed by atoms with Crippen molar-refractivity contribution in [1.29, 1.82) is 0 Å². The van der Waals surface area contributed by atoms with E-state index in [1.165, 1.54) is 6.42 Å². The van der Waals surface area contributed by atoms with E-state index in [1.807, 2.05) is 6.07 Å². The zero-order chi connectivity index (χ0) is 17.3. The van der Waals surface area contributed by atoms with Gasteiger partial charge in [-0.3, -0.25) is 0 Å². The Bertz CT molecular complexity index is 768. The highest BCUT2D eigenvalue weighted by molar-refractivity contribution is 9.10. The van der Waals surface area contributed by atoms with Gasteiger partial charge in [0.15, 0.2) is 0 Å². The van der Waals surface area contributed by atoms with Gasteiger partial charge in [-0.2, -0.15) is 0 Å². The SMILES string of the molecule is CN1CCCC(c2[nH]c(N)c(/C=C(\N)c3ccccc3O)c2Br)C1. The topological polar surface area (TPSA) is 91.3 Å². The zero-order valence-electron chi connectivity index (χ0n) is 13.7. The summed E-state index contributed by atoms with van der Waals surface area (Å²) in [6.07, 6.45) is 4.12. The average Bonchev–Trinajstić information content (AvgIpc) is 2.83. The second-order valence-electron chi connectivity index (χ2n) is 6.40. The van der Waals surface area contributed by atoms with E-state index >= 15 is 0 Å². The van der Waals surface area contributed by atoms with Crippen LogP contribution in [0.2, 0.25) is 0 Å². The second-order valence-corrected chi connectivity index (χ2v) is 7.19. The number of aromatic nitrogens is 1. The van der Waals surface area contributed by atoms with E-state index in [0.29, 0.717) is 23.0 Å². The Balaban J connectivity index is 1.95. The van der Waals surface area contributed by atoms with Crippen LogP contribution in [0.4, 0.5) is 5.82 Å². The number of likely N-dealkylation sites (tertiary alicyclic amines) is 1. The van der Waals surface area contributed by atoms with E-state index in [0.717, 1.165) is 35.2 Å². The summed E-state index contributed by atoms with van der Waals surface area (Å²) in [5.74, 6) is 1.17. The number of hydrogen-bond acceptors (Lipinski definition) is 4. The third-order valence-electron chi connectivity index (χ3n) is 4.58. The Hall–Kier alpha value is -1.92. The van der Waals surface area contributed by atoms with Crippen LogP contribution in [0.15, 0.2) is 28.7 Å². The number of likely N-dealkylation sites (N-methyl/N-ethyl adjacent to an activating group) is 1. The maximum atomic E-state index is 9.96. The molecule has 0 saturated carbocycles. The normalized spacial score (nSPS) is 19.6. The molecule has 5 nitrogen and oxygen atoms in total. The van der Waals surface area contributed by atoms with Gasteiger partial charge in [-0.05, 0) is 60.6 Å². The largest absolute Gasteiger partial charge is 0.507 e. The third kappa shape index (κ3) is 3.30.